The molecule has 4 rings (SSSR count). The summed E-state index contributed by atoms with van der Waals surface area (Å²) in [4.78, 5) is 17.1. The average Bonchev–Trinajstić information content (AvgIpc) is 3.16. The SMILES string of the molecule is Cc1ccc(-n2nc(C)c3cc(C(=O)N4C(C)CCCC4C)sc32)cc1. The van der Waals surface area contributed by atoms with Crippen LogP contribution in [0.4, 0.5) is 0 Å². The highest BCUT2D eigenvalue weighted by molar-refractivity contribution is 7.20. The van der Waals surface area contributed by atoms with E-state index in [1.807, 2.05) is 17.7 Å². The van der Waals surface area contributed by atoms with Crippen molar-refractivity contribution in [2.24, 2.45) is 0 Å². The summed E-state index contributed by atoms with van der Waals surface area (Å²) in [5, 5.41) is 5.77. The standard InChI is InChI=1S/C21H25N3OS/c1-13-8-10-17(11-9-13)24-21-18(16(4)22-24)12-19(26-21)20(25)23-14(2)6-5-7-15(23)3/h8-12,14-15H,5-7H2,1-4H3. The molecule has 2 atom stereocenters. The Morgan fingerprint density at radius 3 is 2.42 bits per heavy atom. The van der Waals surface area contributed by atoms with Crippen LogP contribution in [0, 0.1) is 13.8 Å². The Morgan fingerprint density at radius 1 is 1.12 bits per heavy atom. The third-order valence-electron chi connectivity index (χ3n) is 5.46. The molecule has 4 nitrogen and oxygen atoms in total. The molecule has 5 heteroatoms. The number of amides is 1. The first kappa shape index (κ1) is 17.3. The van der Waals surface area contributed by atoms with Gasteiger partial charge in [0.05, 0.1) is 16.3 Å². The molecule has 26 heavy (non-hydrogen) atoms. The van der Waals surface area contributed by atoms with Crippen LogP contribution in [-0.4, -0.2) is 32.7 Å². The fourth-order valence-corrected chi connectivity index (χ4v) is 5.09. The van der Waals surface area contributed by atoms with Gasteiger partial charge in [-0.15, -0.1) is 11.3 Å². The zero-order valence-electron chi connectivity index (χ0n) is 15.8. The predicted octanol–water partition coefficient (Wildman–Crippen LogP) is 5.11. The van der Waals surface area contributed by atoms with Crippen LogP contribution in [0.5, 0.6) is 0 Å². The summed E-state index contributed by atoms with van der Waals surface area (Å²) < 4.78 is 1.97. The molecule has 0 N–H and O–H groups in total. The molecule has 1 saturated heterocycles. The van der Waals surface area contributed by atoms with E-state index in [1.165, 1.54) is 12.0 Å². The Balaban J connectivity index is 1.75. The number of nitrogens with zero attached hydrogens (tertiary/aromatic N) is 3. The molecule has 0 radical (unpaired) electrons. The van der Waals surface area contributed by atoms with Crippen molar-refractivity contribution in [3.05, 3.63) is 46.5 Å². The van der Waals surface area contributed by atoms with Crippen molar-refractivity contribution in [1.82, 2.24) is 14.7 Å². The maximum atomic E-state index is 13.2. The smallest absolute Gasteiger partial charge is 0.264 e. The molecule has 2 unspecified atom stereocenters. The average molecular weight is 368 g/mol. The maximum absolute atomic E-state index is 13.2. The van der Waals surface area contributed by atoms with E-state index >= 15 is 0 Å². The molecule has 0 saturated carbocycles. The van der Waals surface area contributed by atoms with Crippen molar-refractivity contribution in [3.8, 4) is 5.69 Å². The van der Waals surface area contributed by atoms with Gasteiger partial charge < -0.3 is 4.90 Å². The van der Waals surface area contributed by atoms with Gasteiger partial charge in [-0.25, -0.2) is 4.68 Å². The lowest BCUT2D eigenvalue weighted by Gasteiger charge is -2.38. The number of hydrogen-bond donors (Lipinski definition) is 0. The molecule has 1 amide bonds. The molecule has 3 aromatic rings. The van der Waals surface area contributed by atoms with Crippen LogP contribution in [0.2, 0.25) is 0 Å². The lowest BCUT2D eigenvalue weighted by atomic mass is 9.97. The molecule has 0 aliphatic carbocycles. The van der Waals surface area contributed by atoms with Crippen molar-refractivity contribution < 1.29 is 4.79 Å². The summed E-state index contributed by atoms with van der Waals surface area (Å²) in [6.07, 6.45) is 3.40. The topological polar surface area (TPSA) is 38.1 Å². The number of aromatic nitrogens is 2. The molecule has 0 bridgehead atoms. The van der Waals surface area contributed by atoms with Gasteiger partial charge in [0.1, 0.15) is 4.83 Å². The maximum Gasteiger partial charge on any atom is 0.264 e. The Hall–Kier alpha value is -2.14. The fourth-order valence-electron chi connectivity index (χ4n) is 3.96. The van der Waals surface area contributed by atoms with Crippen molar-refractivity contribution in [1.29, 1.82) is 0 Å². The quantitative estimate of drug-likeness (QED) is 0.631. The van der Waals surface area contributed by atoms with Gasteiger partial charge in [0.2, 0.25) is 0 Å². The van der Waals surface area contributed by atoms with Gasteiger partial charge >= 0.3 is 0 Å². The highest BCUT2D eigenvalue weighted by atomic mass is 32.1. The van der Waals surface area contributed by atoms with Crippen molar-refractivity contribution >= 4 is 27.5 Å². The van der Waals surface area contributed by atoms with E-state index in [0.717, 1.165) is 39.3 Å². The van der Waals surface area contributed by atoms with Gasteiger partial charge in [0.15, 0.2) is 0 Å². The van der Waals surface area contributed by atoms with Gasteiger partial charge in [0, 0.05) is 17.5 Å². The summed E-state index contributed by atoms with van der Waals surface area (Å²) in [5.74, 6) is 0.167. The summed E-state index contributed by atoms with van der Waals surface area (Å²) in [7, 11) is 0. The zero-order chi connectivity index (χ0) is 18.4. The Labute approximate surface area is 158 Å². The van der Waals surface area contributed by atoms with Gasteiger partial charge in [-0.3, -0.25) is 4.79 Å². The first-order valence-electron chi connectivity index (χ1n) is 9.34. The van der Waals surface area contributed by atoms with E-state index in [4.69, 9.17) is 5.10 Å². The number of aryl methyl sites for hydroxylation is 2. The summed E-state index contributed by atoms with van der Waals surface area (Å²) in [6, 6.07) is 11.0. The van der Waals surface area contributed by atoms with Crippen LogP contribution in [0.3, 0.4) is 0 Å². The minimum Gasteiger partial charge on any atom is -0.333 e. The Kier molecular flexibility index (Phi) is 4.35. The molecule has 1 aliphatic heterocycles. The lowest BCUT2D eigenvalue weighted by molar-refractivity contribution is 0.0516. The largest absolute Gasteiger partial charge is 0.333 e. The van der Waals surface area contributed by atoms with E-state index in [1.54, 1.807) is 11.3 Å². The molecular weight excluding hydrogens is 342 g/mol. The van der Waals surface area contributed by atoms with Crippen LogP contribution < -0.4 is 0 Å². The van der Waals surface area contributed by atoms with Gasteiger partial charge in [-0.05, 0) is 65.2 Å². The van der Waals surface area contributed by atoms with Crippen LogP contribution >= 0.6 is 11.3 Å². The first-order valence-corrected chi connectivity index (χ1v) is 10.2. The third-order valence-corrected chi connectivity index (χ3v) is 6.56. The van der Waals surface area contributed by atoms with E-state index in [-0.39, 0.29) is 5.91 Å². The number of rotatable bonds is 2. The second-order valence-electron chi connectivity index (χ2n) is 7.50. The van der Waals surface area contributed by atoms with Crippen LogP contribution in [0.25, 0.3) is 15.9 Å². The number of piperidine rings is 1. The minimum absolute atomic E-state index is 0.167. The summed E-state index contributed by atoms with van der Waals surface area (Å²) >= 11 is 1.56. The van der Waals surface area contributed by atoms with Crippen LogP contribution in [-0.2, 0) is 0 Å². The Morgan fingerprint density at radius 2 is 1.77 bits per heavy atom. The molecule has 3 heterocycles. The molecule has 136 valence electrons. The molecule has 0 spiro atoms. The summed E-state index contributed by atoms with van der Waals surface area (Å²) in [5.41, 5.74) is 3.23. The minimum atomic E-state index is 0.167. The Bertz CT molecular complexity index is 944. The molecular formula is C21H25N3OS. The highest BCUT2D eigenvalue weighted by Gasteiger charge is 2.31. The second kappa shape index (κ2) is 6.54. The number of fused-ring (bicyclic) bond motifs is 1. The van der Waals surface area contributed by atoms with E-state index in [9.17, 15) is 4.79 Å². The molecule has 1 aliphatic rings. The second-order valence-corrected chi connectivity index (χ2v) is 8.53. The monoisotopic (exact) mass is 367 g/mol. The van der Waals surface area contributed by atoms with Crippen LogP contribution in [0.1, 0.15) is 54.0 Å². The number of carbonyl (C=O) groups excluding carboxylic acids is 1. The molecule has 1 aromatic carbocycles. The molecule has 1 fully saturated rings. The predicted molar refractivity (Wildman–Crippen MR) is 107 cm³/mol. The normalized spacial score (nSPS) is 20.7. The molecule has 2 aromatic heterocycles. The lowest BCUT2D eigenvalue weighted by Crippen LogP contribution is -2.47. The van der Waals surface area contributed by atoms with E-state index in [0.29, 0.717) is 12.1 Å². The number of carbonyl (C=O) groups is 1. The van der Waals surface area contributed by atoms with Crippen molar-refractivity contribution in [2.75, 3.05) is 0 Å². The summed E-state index contributed by atoms with van der Waals surface area (Å²) in [6.45, 7) is 8.43. The third kappa shape index (κ3) is 2.84. The van der Waals surface area contributed by atoms with E-state index in [2.05, 4.69) is 49.9 Å². The fraction of sp³-hybridized carbons (Fsp3) is 0.429. The van der Waals surface area contributed by atoms with Gasteiger partial charge in [0.25, 0.3) is 5.91 Å². The number of likely N-dealkylation sites (tertiary alicyclic amines) is 1. The first-order chi connectivity index (χ1) is 12.5. The van der Waals surface area contributed by atoms with Gasteiger partial charge in [-0.2, -0.15) is 5.10 Å². The highest BCUT2D eigenvalue weighted by Crippen LogP contribution is 2.33. The van der Waals surface area contributed by atoms with Gasteiger partial charge in [-0.1, -0.05) is 17.7 Å². The zero-order valence-corrected chi connectivity index (χ0v) is 16.6. The van der Waals surface area contributed by atoms with Crippen LogP contribution in [0.15, 0.2) is 30.3 Å². The number of benzene rings is 1. The van der Waals surface area contributed by atoms with Crippen molar-refractivity contribution in [3.63, 3.8) is 0 Å². The number of hydrogen-bond acceptors (Lipinski definition) is 3. The number of thiophene rings is 1. The van der Waals surface area contributed by atoms with Crippen molar-refractivity contribution in [2.45, 2.75) is 59.0 Å². The van der Waals surface area contributed by atoms with E-state index < -0.39 is 0 Å².